The van der Waals surface area contributed by atoms with E-state index in [2.05, 4.69) is 30.5 Å². The van der Waals surface area contributed by atoms with Gasteiger partial charge in [0, 0.05) is 18.4 Å². The van der Waals surface area contributed by atoms with Crippen LogP contribution in [0.25, 0.3) is 11.5 Å². The van der Waals surface area contributed by atoms with Crippen molar-refractivity contribution < 1.29 is 0 Å². The standard InChI is InChI=1S/C16H21N5/c1-5-13-11(2)19-21(12(13)3)16-14(10-17-4)20-9-7-6-8-15(20)18-16/h6-9,17H,5,10H2,1-4H3. The van der Waals surface area contributed by atoms with Gasteiger partial charge in [-0.05, 0) is 45.0 Å². The molecule has 3 aromatic heterocycles. The first-order valence-corrected chi connectivity index (χ1v) is 7.33. The number of nitrogens with one attached hydrogen (secondary N) is 1. The highest BCUT2D eigenvalue weighted by Crippen LogP contribution is 2.22. The van der Waals surface area contributed by atoms with Crippen molar-refractivity contribution in [2.24, 2.45) is 0 Å². The molecular formula is C16H21N5. The lowest BCUT2D eigenvalue weighted by Crippen LogP contribution is -2.12. The summed E-state index contributed by atoms with van der Waals surface area (Å²) in [4.78, 5) is 4.77. The van der Waals surface area contributed by atoms with Crippen LogP contribution in [0.1, 0.15) is 29.6 Å². The van der Waals surface area contributed by atoms with Crippen LogP contribution >= 0.6 is 0 Å². The highest BCUT2D eigenvalue weighted by Gasteiger charge is 2.18. The molecule has 1 N–H and O–H groups in total. The maximum Gasteiger partial charge on any atom is 0.177 e. The fourth-order valence-electron chi connectivity index (χ4n) is 2.93. The number of imidazole rings is 1. The van der Waals surface area contributed by atoms with Crippen molar-refractivity contribution in [1.29, 1.82) is 0 Å². The molecule has 0 aliphatic rings. The summed E-state index contributed by atoms with van der Waals surface area (Å²) < 4.78 is 4.10. The number of rotatable bonds is 4. The van der Waals surface area contributed by atoms with Crippen LogP contribution in [0.2, 0.25) is 0 Å². The summed E-state index contributed by atoms with van der Waals surface area (Å²) in [6.45, 7) is 7.10. The topological polar surface area (TPSA) is 47.2 Å². The Balaban J connectivity index is 2.27. The fourth-order valence-corrected chi connectivity index (χ4v) is 2.93. The molecule has 0 aliphatic heterocycles. The van der Waals surface area contributed by atoms with Gasteiger partial charge in [0.2, 0.25) is 0 Å². The summed E-state index contributed by atoms with van der Waals surface area (Å²) in [5.74, 6) is 0.913. The zero-order chi connectivity index (χ0) is 15.0. The number of nitrogens with zero attached hydrogens (tertiary/aromatic N) is 4. The van der Waals surface area contributed by atoms with E-state index in [-0.39, 0.29) is 0 Å². The monoisotopic (exact) mass is 283 g/mol. The van der Waals surface area contributed by atoms with Crippen LogP contribution in [0, 0.1) is 13.8 Å². The molecule has 3 aromatic rings. The summed E-state index contributed by atoms with van der Waals surface area (Å²) in [6, 6.07) is 6.05. The van der Waals surface area contributed by atoms with Gasteiger partial charge in [0.1, 0.15) is 5.65 Å². The molecule has 0 radical (unpaired) electrons. The summed E-state index contributed by atoms with van der Waals surface area (Å²) in [5.41, 5.74) is 5.64. The molecule has 0 atom stereocenters. The predicted octanol–water partition coefficient (Wildman–Crippen LogP) is 2.42. The van der Waals surface area contributed by atoms with Crippen molar-refractivity contribution in [2.75, 3.05) is 7.05 Å². The minimum absolute atomic E-state index is 0.750. The second kappa shape index (κ2) is 5.33. The van der Waals surface area contributed by atoms with Crippen LogP contribution in [0.15, 0.2) is 24.4 Å². The Morgan fingerprint density at radius 1 is 1.24 bits per heavy atom. The zero-order valence-electron chi connectivity index (χ0n) is 13.0. The summed E-state index contributed by atoms with van der Waals surface area (Å²) in [7, 11) is 1.95. The van der Waals surface area contributed by atoms with Crippen LogP contribution in [0.4, 0.5) is 0 Å². The van der Waals surface area contributed by atoms with Crippen molar-refractivity contribution in [3.8, 4) is 5.82 Å². The van der Waals surface area contributed by atoms with Crippen LogP contribution in [0.5, 0.6) is 0 Å². The van der Waals surface area contributed by atoms with E-state index in [1.54, 1.807) is 0 Å². The molecule has 3 rings (SSSR count). The van der Waals surface area contributed by atoms with Gasteiger partial charge < -0.3 is 9.72 Å². The molecule has 0 unspecified atom stereocenters. The van der Waals surface area contributed by atoms with Gasteiger partial charge in [0.05, 0.1) is 11.4 Å². The van der Waals surface area contributed by atoms with Crippen LogP contribution < -0.4 is 5.32 Å². The van der Waals surface area contributed by atoms with Gasteiger partial charge in [0.15, 0.2) is 5.82 Å². The van der Waals surface area contributed by atoms with Crippen molar-refractivity contribution >= 4 is 5.65 Å². The third kappa shape index (κ3) is 2.14. The van der Waals surface area contributed by atoms with Gasteiger partial charge in [-0.3, -0.25) is 0 Å². The highest BCUT2D eigenvalue weighted by molar-refractivity contribution is 5.49. The first-order valence-electron chi connectivity index (χ1n) is 7.33. The Morgan fingerprint density at radius 3 is 2.71 bits per heavy atom. The van der Waals surface area contributed by atoms with E-state index in [0.717, 1.165) is 35.8 Å². The van der Waals surface area contributed by atoms with Crippen LogP contribution in [-0.2, 0) is 13.0 Å². The Morgan fingerprint density at radius 2 is 2.05 bits per heavy atom. The van der Waals surface area contributed by atoms with Crippen molar-refractivity contribution in [3.05, 3.63) is 47.0 Å². The number of pyridine rings is 1. The van der Waals surface area contributed by atoms with Crippen molar-refractivity contribution in [3.63, 3.8) is 0 Å². The number of aryl methyl sites for hydroxylation is 1. The van der Waals surface area contributed by atoms with Crippen molar-refractivity contribution in [1.82, 2.24) is 24.5 Å². The molecule has 0 spiro atoms. The smallest absolute Gasteiger partial charge is 0.177 e. The number of aromatic nitrogens is 4. The average molecular weight is 283 g/mol. The second-order valence-electron chi connectivity index (χ2n) is 5.26. The fraction of sp³-hybridized carbons (Fsp3) is 0.375. The molecule has 21 heavy (non-hydrogen) atoms. The zero-order valence-corrected chi connectivity index (χ0v) is 13.0. The predicted molar refractivity (Wildman–Crippen MR) is 83.9 cm³/mol. The van der Waals surface area contributed by atoms with E-state index in [1.165, 1.54) is 11.3 Å². The molecule has 3 heterocycles. The number of hydrogen-bond donors (Lipinski definition) is 1. The summed E-state index contributed by atoms with van der Waals surface area (Å²) >= 11 is 0. The van der Waals surface area contributed by atoms with E-state index < -0.39 is 0 Å². The van der Waals surface area contributed by atoms with E-state index in [0.29, 0.717) is 0 Å². The molecule has 0 saturated heterocycles. The van der Waals surface area contributed by atoms with Gasteiger partial charge in [0.25, 0.3) is 0 Å². The Hall–Kier alpha value is -2.14. The molecule has 0 aromatic carbocycles. The molecule has 0 fully saturated rings. The number of fused-ring (bicyclic) bond motifs is 1. The second-order valence-corrected chi connectivity index (χ2v) is 5.26. The van der Waals surface area contributed by atoms with Gasteiger partial charge in [-0.1, -0.05) is 13.0 Å². The number of hydrogen-bond acceptors (Lipinski definition) is 3. The lowest BCUT2D eigenvalue weighted by Gasteiger charge is -2.06. The summed E-state index contributed by atoms with van der Waals surface area (Å²) in [6.07, 6.45) is 3.04. The average Bonchev–Trinajstić information content (AvgIpc) is 2.98. The molecule has 0 aliphatic carbocycles. The van der Waals surface area contributed by atoms with Gasteiger partial charge in [-0.2, -0.15) is 5.10 Å². The largest absolute Gasteiger partial charge is 0.314 e. The van der Waals surface area contributed by atoms with E-state index in [1.807, 2.05) is 36.1 Å². The van der Waals surface area contributed by atoms with Crippen LogP contribution in [-0.4, -0.2) is 26.2 Å². The SMILES string of the molecule is CCc1c(C)nn(-c2nc3ccccn3c2CNC)c1C. The highest BCUT2D eigenvalue weighted by atomic mass is 15.3. The van der Waals surface area contributed by atoms with Crippen LogP contribution in [0.3, 0.4) is 0 Å². The lowest BCUT2D eigenvalue weighted by atomic mass is 10.1. The normalized spacial score (nSPS) is 11.4. The molecule has 0 saturated carbocycles. The Bertz CT molecular complexity index is 781. The molecule has 0 amide bonds. The van der Waals surface area contributed by atoms with Gasteiger partial charge in [-0.15, -0.1) is 0 Å². The van der Waals surface area contributed by atoms with Gasteiger partial charge >= 0.3 is 0 Å². The minimum Gasteiger partial charge on any atom is -0.314 e. The molecular weight excluding hydrogens is 262 g/mol. The van der Waals surface area contributed by atoms with E-state index >= 15 is 0 Å². The quantitative estimate of drug-likeness (QED) is 0.800. The summed E-state index contributed by atoms with van der Waals surface area (Å²) in [5, 5.41) is 7.93. The first-order chi connectivity index (χ1) is 10.2. The molecule has 5 nitrogen and oxygen atoms in total. The maximum absolute atomic E-state index is 4.77. The molecule has 110 valence electrons. The van der Waals surface area contributed by atoms with E-state index in [4.69, 9.17) is 10.1 Å². The molecule has 0 bridgehead atoms. The Kier molecular flexibility index (Phi) is 3.51. The molecule has 5 heteroatoms. The lowest BCUT2D eigenvalue weighted by molar-refractivity contribution is 0.743. The Labute approximate surface area is 124 Å². The van der Waals surface area contributed by atoms with E-state index in [9.17, 15) is 0 Å². The van der Waals surface area contributed by atoms with Crippen molar-refractivity contribution in [2.45, 2.75) is 33.7 Å². The maximum atomic E-state index is 4.77. The minimum atomic E-state index is 0.750. The van der Waals surface area contributed by atoms with Gasteiger partial charge in [-0.25, -0.2) is 9.67 Å². The first kappa shape index (κ1) is 13.8. The third-order valence-corrected chi connectivity index (χ3v) is 3.95. The third-order valence-electron chi connectivity index (χ3n) is 3.95.